The average molecular weight is 316 g/mol. The minimum Gasteiger partial charge on any atom is -0.329 e. The highest BCUT2D eigenvalue weighted by Crippen LogP contribution is 2.43. The lowest BCUT2D eigenvalue weighted by Crippen LogP contribution is -2.14. The van der Waals surface area contributed by atoms with Gasteiger partial charge in [0.05, 0.1) is 0 Å². The fourth-order valence-corrected chi connectivity index (χ4v) is 5.76. The molecule has 0 spiro atoms. The average Bonchev–Trinajstić information content (AvgIpc) is 2.80. The Bertz CT molecular complexity index is 413. The highest BCUT2D eigenvalue weighted by atomic mass is 35.5. The molecule has 0 amide bonds. The quantitative estimate of drug-likeness (QED) is 0.499. The summed E-state index contributed by atoms with van der Waals surface area (Å²) in [5.41, 5.74) is 2.11. The number of hydrogen-bond acceptors (Lipinski definition) is 3. The van der Waals surface area contributed by atoms with Crippen LogP contribution in [0.5, 0.6) is 0 Å². The third kappa shape index (κ3) is 2.43. The molecule has 0 unspecified atom stereocenters. The molecule has 7 heteroatoms. The molecule has 15 heavy (non-hydrogen) atoms. The van der Waals surface area contributed by atoms with E-state index in [-0.39, 0.29) is 0 Å². The normalized spacial score (nSPS) is 10.6. The molecule has 0 radical (unpaired) electrons. The topological polar surface area (TPSA) is 3.24 Å². The largest absolute Gasteiger partial charge is 0.329 e. The second-order valence-corrected chi connectivity index (χ2v) is 8.02. The van der Waals surface area contributed by atoms with Crippen molar-refractivity contribution in [1.82, 2.24) is 0 Å². The lowest BCUT2D eigenvalue weighted by molar-refractivity contribution is 1.03. The molecule has 2 aromatic rings. The lowest BCUT2D eigenvalue weighted by atomic mass is 10.4. The monoisotopic (exact) mass is 315 g/mol. The smallest absolute Gasteiger partial charge is 0.295 e. The fraction of sp³-hybridized carbons (Fsp3) is 0.250. The first-order valence-electron chi connectivity index (χ1n) is 4.14. The summed E-state index contributed by atoms with van der Waals surface area (Å²) in [6.45, 7) is 2.96. The first kappa shape index (κ1) is 12.0. The first-order valence-corrected chi connectivity index (χ1v) is 9.32. The summed E-state index contributed by atoms with van der Waals surface area (Å²) >= 11 is 12.3. The van der Waals surface area contributed by atoms with Gasteiger partial charge in [-0.3, -0.25) is 0 Å². The molecule has 0 aromatic carbocycles. The van der Waals surface area contributed by atoms with Crippen LogP contribution in [0.15, 0.2) is 10.8 Å². The SMILES string of the molecule is CCN(c1c[s+]sc1Cl)c1c[s+]sc1Cl. The van der Waals surface area contributed by atoms with E-state index in [2.05, 4.69) is 22.6 Å². The number of rotatable bonds is 3. The van der Waals surface area contributed by atoms with Crippen LogP contribution < -0.4 is 4.90 Å². The van der Waals surface area contributed by atoms with E-state index in [9.17, 15) is 0 Å². The van der Waals surface area contributed by atoms with Crippen LogP contribution in [0.4, 0.5) is 11.4 Å². The highest BCUT2D eigenvalue weighted by Gasteiger charge is 2.24. The Morgan fingerprint density at radius 2 is 1.60 bits per heavy atom. The molecule has 2 aromatic heterocycles. The Morgan fingerprint density at radius 3 is 1.87 bits per heavy atom. The zero-order valence-corrected chi connectivity index (χ0v) is 12.5. The van der Waals surface area contributed by atoms with Gasteiger partial charge in [-0.05, 0) is 6.92 Å². The van der Waals surface area contributed by atoms with E-state index in [1.807, 2.05) is 0 Å². The third-order valence-electron chi connectivity index (χ3n) is 1.86. The van der Waals surface area contributed by atoms with Crippen LogP contribution in [-0.2, 0) is 0 Å². The maximum Gasteiger partial charge on any atom is 0.295 e. The Hall–Kier alpha value is 0.480. The molecular formula is C8H7Cl2NS4+2. The van der Waals surface area contributed by atoms with Crippen molar-refractivity contribution in [1.29, 1.82) is 0 Å². The Balaban J connectivity index is 2.41. The summed E-state index contributed by atoms with van der Waals surface area (Å²) in [6.07, 6.45) is 0. The predicted molar refractivity (Wildman–Crippen MR) is 75.9 cm³/mol. The summed E-state index contributed by atoms with van der Waals surface area (Å²) in [7, 11) is 6.45. The lowest BCUT2D eigenvalue weighted by Gasteiger charge is -2.17. The van der Waals surface area contributed by atoms with Gasteiger partial charge in [0.1, 0.15) is 11.4 Å². The van der Waals surface area contributed by atoms with Crippen molar-refractivity contribution in [3.8, 4) is 0 Å². The van der Waals surface area contributed by atoms with Crippen molar-refractivity contribution >= 4 is 75.9 Å². The molecule has 2 heterocycles. The molecule has 0 fully saturated rings. The predicted octanol–water partition coefficient (Wildman–Crippen LogP) is 5.96. The minimum atomic E-state index is 0.828. The summed E-state index contributed by atoms with van der Waals surface area (Å²) in [5.74, 6) is 0. The zero-order chi connectivity index (χ0) is 10.8. The molecule has 0 bridgehead atoms. The molecule has 0 aliphatic heterocycles. The van der Waals surface area contributed by atoms with Gasteiger partial charge in [-0.1, -0.05) is 23.2 Å². The van der Waals surface area contributed by atoms with E-state index >= 15 is 0 Å². The van der Waals surface area contributed by atoms with E-state index in [1.165, 1.54) is 0 Å². The molecule has 0 saturated heterocycles. The van der Waals surface area contributed by atoms with Crippen LogP contribution in [0.1, 0.15) is 6.92 Å². The van der Waals surface area contributed by atoms with Crippen LogP contribution in [0, 0.1) is 0 Å². The number of nitrogens with zero attached hydrogens (tertiary/aromatic N) is 1. The molecule has 0 atom stereocenters. The fourth-order valence-electron chi connectivity index (χ4n) is 1.21. The standard InChI is InChI=1S/C8H7Cl2NS4/c1-2-11(5-3-12-14-7(5)9)6-4-13-15-8(6)10/h3-4H,2H2,1H3/q+2. The van der Waals surface area contributed by atoms with Crippen molar-refractivity contribution in [2.45, 2.75) is 6.92 Å². The van der Waals surface area contributed by atoms with Crippen molar-refractivity contribution in [2.75, 3.05) is 11.4 Å². The van der Waals surface area contributed by atoms with Crippen LogP contribution >= 0.6 is 64.6 Å². The van der Waals surface area contributed by atoms with Gasteiger partial charge in [-0.15, -0.1) is 0 Å². The number of halogens is 2. The van der Waals surface area contributed by atoms with E-state index in [1.54, 1.807) is 41.4 Å². The first-order chi connectivity index (χ1) is 7.24. The molecular weight excluding hydrogens is 309 g/mol. The Morgan fingerprint density at radius 1 is 1.13 bits per heavy atom. The van der Waals surface area contributed by atoms with Crippen molar-refractivity contribution in [3.05, 3.63) is 19.4 Å². The molecule has 0 aliphatic carbocycles. The molecule has 80 valence electrons. The van der Waals surface area contributed by atoms with Gasteiger partial charge in [-0.25, -0.2) is 0 Å². The van der Waals surface area contributed by atoms with Gasteiger partial charge in [0.2, 0.25) is 10.8 Å². The van der Waals surface area contributed by atoms with Crippen LogP contribution in [0.2, 0.25) is 8.67 Å². The second-order valence-electron chi connectivity index (χ2n) is 2.66. The van der Waals surface area contributed by atoms with E-state index < -0.39 is 0 Å². The number of hydrogen-bond donors (Lipinski definition) is 0. The Kier molecular flexibility index (Phi) is 4.15. The molecule has 0 saturated carbocycles. The Labute approximate surface area is 113 Å². The van der Waals surface area contributed by atoms with Gasteiger partial charge in [0.25, 0.3) is 20.7 Å². The molecule has 0 N–H and O–H groups in total. The van der Waals surface area contributed by atoms with Crippen LogP contribution in [-0.4, -0.2) is 6.54 Å². The molecule has 2 rings (SSSR count). The minimum absolute atomic E-state index is 0.828. The van der Waals surface area contributed by atoms with Gasteiger partial charge < -0.3 is 4.90 Å². The number of anilines is 2. The maximum atomic E-state index is 6.13. The second kappa shape index (κ2) is 5.21. The summed E-state index contributed by atoms with van der Waals surface area (Å²) in [5, 5.41) is 4.13. The summed E-state index contributed by atoms with van der Waals surface area (Å²) in [6, 6.07) is 0. The van der Waals surface area contributed by atoms with Gasteiger partial charge in [0.15, 0.2) is 29.4 Å². The van der Waals surface area contributed by atoms with Crippen molar-refractivity contribution in [2.24, 2.45) is 0 Å². The summed E-state index contributed by atoms with van der Waals surface area (Å²) < 4.78 is 1.66. The van der Waals surface area contributed by atoms with Crippen LogP contribution in [0.3, 0.4) is 0 Å². The van der Waals surface area contributed by atoms with Gasteiger partial charge in [0, 0.05) is 6.54 Å². The highest BCUT2D eigenvalue weighted by molar-refractivity contribution is 7.70. The van der Waals surface area contributed by atoms with E-state index in [4.69, 9.17) is 23.2 Å². The van der Waals surface area contributed by atoms with Crippen molar-refractivity contribution < 1.29 is 0 Å². The zero-order valence-electron chi connectivity index (χ0n) is 7.70. The van der Waals surface area contributed by atoms with Crippen molar-refractivity contribution in [3.63, 3.8) is 0 Å². The van der Waals surface area contributed by atoms with Gasteiger partial charge in [-0.2, -0.15) is 0 Å². The van der Waals surface area contributed by atoms with Crippen LogP contribution in [0.25, 0.3) is 0 Å². The molecule has 1 nitrogen and oxygen atoms in total. The summed E-state index contributed by atoms with van der Waals surface area (Å²) in [4.78, 5) is 2.14. The van der Waals surface area contributed by atoms with E-state index in [0.29, 0.717) is 0 Å². The third-order valence-corrected chi connectivity index (χ3v) is 6.96. The van der Waals surface area contributed by atoms with E-state index in [0.717, 1.165) is 26.6 Å². The molecule has 0 aliphatic rings. The van der Waals surface area contributed by atoms with Gasteiger partial charge >= 0.3 is 0 Å². The maximum absolute atomic E-state index is 6.13.